The number of fused-ring (bicyclic) bond motifs is 1. The molecule has 1 saturated heterocycles. The van der Waals surface area contributed by atoms with E-state index in [2.05, 4.69) is 63.0 Å². The van der Waals surface area contributed by atoms with Crippen LogP contribution in [0.25, 0.3) is 22.1 Å². The molecule has 0 saturated carbocycles. The summed E-state index contributed by atoms with van der Waals surface area (Å²) in [5.41, 5.74) is 5.42. The van der Waals surface area contributed by atoms with Gasteiger partial charge in [-0.1, -0.05) is 18.2 Å². The van der Waals surface area contributed by atoms with Gasteiger partial charge >= 0.3 is 0 Å². The third-order valence-electron chi connectivity index (χ3n) is 5.94. The van der Waals surface area contributed by atoms with Crippen molar-refractivity contribution in [1.82, 2.24) is 9.80 Å². The van der Waals surface area contributed by atoms with Gasteiger partial charge < -0.3 is 4.42 Å². The number of furan rings is 1. The van der Waals surface area contributed by atoms with Gasteiger partial charge in [-0.05, 0) is 83.4 Å². The summed E-state index contributed by atoms with van der Waals surface area (Å²) < 4.78 is 6.15. The zero-order valence-corrected chi connectivity index (χ0v) is 18.3. The third-order valence-corrected chi connectivity index (χ3v) is 6.63. The van der Waals surface area contributed by atoms with Crippen molar-refractivity contribution in [3.05, 3.63) is 82.2 Å². The Bertz CT molecular complexity index is 1210. The molecule has 4 nitrogen and oxygen atoms in total. The van der Waals surface area contributed by atoms with Crippen LogP contribution in [-0.2, 0) is 13.1 Å². The number of nitriles is 1. The summed E-state index contributed by atoms with van der Waals surface area (Å²) >= 11 is 1.72. The number of rotatable bonds is 5. The summed E-state index contributed by atoms with van der Waals surface area (Å²) in [6.45, 7) is 5.96. The Balaban J connectivity index is 1.22. The Morgan fingerprint density at radius 3 is 2.58 bits per heavy atom. The van der Waals surface area contributed by atoms with Crippen molar-refractivity contribution >= 4 is 22.3 Å². The van der Waals surface area contributed by atoms with E-state index in [-0.39, 0.29) is 0 Å². The molecule has 0 unspecified atom stereocenters. The average Bonchev–Trinajstić information content (AvgIpc) is 3.41. The van der Waals surface area contributed by atoms with E-state index in [0.29, 0.717) is 0 Å². The zero-order chi connectivity index (χ0) is 21.0. The van der Waals surface area contributed by atoms with E-state index < -0.39 is 0 Å². The molecular formula is C26H25N3OS. The van der Waals surface area contributed by atoms with Crippen molar-refractivity contribution < 1.29 is 4.42 Å². The second-order valence-corrected chi connectivity index (χ2v) is 8.98. The Hall–Kier alpha value is -2.91. The Morgan fingerprint density at radius 2 is 1.77 bits per heavy atom. The minimum atomic E-state index is 0.737. The van der Waals surface area contributed by atoms with Crippen LogP contribution in [0.3, 0.4) is 0 Å². The van der Waals surface area contributed by atoms with Crippen LogP contribution in [0.4, 0.5) is 0 Å². The topological polar surface area (TPSA) is 43.4 Å². The quantitative estimate of drug-likeness (QED) is 0.407. The minimum absolute atomic E-state index is 0.737. The summed E-state index contributed by atoms with van der Waals surface area (Å²) in [6, 6.07) is 21.0. The maximum atomic E-state index is 9.12. The monoisotopic (exact) mass is 427 g/mol. The van der Waals surface area contributed by atoms with Crippen molar-refractivity contribution in [3.8, 4) is 17.2 Å². The highest BCUT2D eigenvalue weighted by Gasteiger charge is 2.17. The summed E-state index contributed by atoms with van der Waals surface area (Å²) in [7, 11) is 0. The molecule has 31 heavy (non-hydrogen) atoms. The van der Waals surface area contributed by atoms with Crippen LogP contribution >= 0.6 is 11.3 Å². The number of hydrogen-bond acceptors (Lipinski definition) is 5. The molecule has 5 heteroatoms. The molecule has 0 N–H and O–H groups in total. The highest BCUT2D eigenvalue weighted by molar-refractivity contribution is 7.08. The fourth-order valence-corrected chi connectivity index (χ4v) is 5.01. The zero-order valence-electron chi connectivity index (χ0n) is 17.5. The van der Waals surface area contributed by atoms with Crippen LogP contribution in [0, 0.1) is 11.3 Å². The lowest BCUT2D eigenvalue weighted by Gasteiger charge is -2.21. The van der Waals surface area contributed by atoms with Gasteiger partial charge in [0.1, 0.15) is 11.3 Å². The molecule has 0 aliphatic carbocycles. The Kier molecular flexibility index (Phi) is 5.86. The molecule has 2 aromatic heterocycles. The molecular weight excluding hydrogens is 402 g/mol. The fraction of sp³-hybridized carbons (Fsp3) is 0.269. The number of benzene rings is 2. The maximum Gasteiger partial charge on any atom is 0.134 e. The van der Waals surface area contributed by atoms with Gasteiger partial charge in [-0.25, -0.2) is 0 Å². The SMILES string of the molecule is N#Cc1cccc(CN2CCCN(Cc3cc4cc(-c5ccsc5)ccc4o3)CC2)c1. The van der Waals surface area contributed by atoms with Crippen LogP contribution in [0.1, 0.15) is 23.3 Å². The van der Waals surface area contributed by atoms with Gasteiger partial charge in [-0.3, -0.25) is 9.80 Å². The Labute approximate surface area is 186 Å². The van der Waals surface area contributed by atoms with Crippen molar-refractivity contribution in [3.63, 3.8) is 0 Å². The van der Waals surface area contributed by atoms with Gasteiger partial charge in [0.15, 0.2) is 0 Å². The first kappa shape index (κ1) is 20.0. The maximum absolute atomic E-state index is 9.12. The number of hydrogen-bond donors (Lipinski definition) is 0. The smallest absolute Gasteiger partial charge is 0.134 e. The lowest BCUT2D eigenvalue weighted by Crippen LogP contribution is -2.30. The van der Waals surface area contributed by atoms with Crippen molar-refractivity contribution in [2.24, 2.45) is 0 Å². The summed E-state index contributed by atoms with van der Waals surface area (Å²) in [6.07, 6.45) is 1.14. The fourth-order valence-electron chi connectivity index (χ4n) is 4.34. The van der Waals surface area contributed by atoms with Gasteiger partial charge in [0, 0.05) is 25.0 Å². The van der Waals surface area contributed by atoms with E-state index in [9.17, 15) is 0 Å². The summed E-state index contributed by atoms with van der Waals surface area (Å²) in [4.78, 5) is 4.98. The van der Waals surface area contributed by atoms with Gasteiger partial charge in [0.05, 0.1) is 18.2 Å². The van der Waals surface area contributed by atoms with Crippen molar-refractivity contribution in [1.29, 1.82) is 5.26 Å². The van der Waals surface area contributed by atoms with Gasteiger partial charge in [0.25, 0.3) is 0 Å². The standard InChI is InChI=1S/C26H25N3OS/c27-16-20-3-1-4-21(13-20)17-28-8-2-9-29(11-10-28)18-25-15-24-14-22(5-6-26(24)30-25)23-7-12-31-19-23/h1,3-7,12-15,19H,2,8-11,17-18H2. The van der Waals surface area contributed by atoms with Gasteiger partial charge in [0.2, 0.25) is 0 Å². The van der Waals surface area contributed by atoms with E-state index in [1.165, 1.54) is 22.1 Å². The molecule has 156 valence electrons. The molecule has 0 amide bonds. The van der Waals surface area contributed by atoms with E-state index in [0.717, 1.165) is 62.6 Å². The van der Waals surface area contributed by atoms with E-state index >= 15 is 0 Å². The van der Waals surface area contributed by atoms with E-state index in [1.807, 2.05) is 18.2 Å². The van der Waals surface area contributed by atoms with E-state index in [4.69, 9.17) is 9.68 Å². The van der Waals surface area contributed by atoms with Crippen LogP contribution < -0.4 is 0 Å². The van der Waals surface area contributed by atoms with Crippen LogP contribution in [-0.4, -0.2) is 36.0 Å². The molecule has 4 aromatic rings. The van der Waals surface area contributed by atoms with Crippen LogP contribution in [0.2, 0.25) is 0 Å². The largest absolute Gasteiger partial charge is 0.460 e. The molecule has 0 radical (unpaired) electrons. The van der Waals surface area contributed by atoms with Crippen molar-refractivity contribution in [2.75, 3.05) is 26.2 Å². The van der Waals surface area contributed by atoms with Gasteiger partial charge in [-0.2, -0.15) is 16.6 Å². The highest BCUT2D eigenvalue weighted by Crippen LogP contribution is 2.28. The molecule has 0 bridgehead atoms. The second kappa shape index (κ2) is 9.07. The predicted octanol–water partition coefficient (Wildman–Crippen LogP) is 5.74. The predicted molar refractivity (Wildman–Crippen MR) is 126 cm³/mol. The molecule has 3 heterocycles. The summed E-state index contributed by atoms with van der Waals surface area (Å²) in [5.74, 6) is 1.03. The Morgan fingerprint density at radius 1 is 0.903 bits per heavy atom. The molecule has 0 atom stereocenters. The van der Waals surface area contributed by atoms with Crippen LogP contribution in [0.15, 0.2) is 69.8 Å². The van der Waals surface area contributed by atoms with Crippen molar-refractivity contribution in [2.45, 2.75) is 19.5 Å². The molecule has 1 aliphatic rings. The second-order valence-electron chi connectivity index (χ2n) is 8.20. The normalized spacial score (nSPS) is 15.7. The van der Waals surface area contributed by atoms with E-state index in [1.54, 1.807) is 11.3 Å². The first-order valence-corrected chi connectivity index (χ1v) is 11.7. The highest BCUT2D eigenvalue weighted by atomic mass is 32.1. The third kappa shape index (κ3) is 4.72. The first-order chi connectivity index (χ1) is 15.3. The lowest BCUT2D eigenvalue weighted by atomic mass is 10.1. The molecule has 0 spiro atoms. The van der Waals surface area contributed by atoms with Gasteiger partial charge in [-0.15, -0.1) is 0 Å². The summed E-state index contributed by atoms with van der Waals surface area (Å²) in [5, 5.41) is 14.6. The molecule has 5 rings (SSSR count). The first-order valence-electron chi connectivity index (χ1n) is 10.8. The van der Waals surface area contributed by atoms with Crippen LogP contribution in [0.5, 0.6) is 0 Å². The molecule has 1 fully saturated rings. The number of thiophene rings is 1. The lowest BCUT2D eigenvalue weighted by molar-refractivity contribution is 0.236. The number of nitrogens with zero attached hydrogens (tertiary/aromatic N) is 3. The average molecular weight is 428 g/mol. The minimum Gasteiger partial charge on any atom is -0.460 e. The molecule has 2 aromatic carbocycles. The molecule has 1 aliphatic heterocycles.